The number of hydrogen-bond donors (Lipinski definition) is 0. The lowest BCUT2D eigenvalue weighted by Crippen LogP contribution is -2.16. The maximum atomic E-state index is 12.4. The van der Waals surface area contributed by atoms with E-state index in [9.17, 15) is 4.79 Å². The van der Waals surface area contributed by atoms with Crippen LogP contribution in [-0.2, 0) is 6.54 Å². The van der Waals surface area contributed by atoms with Gasteiger partial charge in [0.05, 0.1) is 35.5 Å². The highest BCUT2D eigenvalue weighted by molar-refractivity contribution is 5.65. The normalized spacial score (nSPS) is 10.7. The lowest BCUT2D eigenvalue weighted by molar-refractivity contribution is 0.324. The highest BCUT2D eigenvalue weighted by atomic mass is 16.5. The Morgan fingerprint density at radius 2 is 1.44 bits per heavy atom. The summed E-state index contributed by atoms with van der Waals surface area (Å²) in [5.74, 6) is 2.26. The van der Waals surface area contributed by atoms with Crippen LogP contribution >= 0.6 is 0 Å². The Kier molecular flexibility index (Phi) is 6.39. The number of ether oxygens (including phenoxy) is 5. The van der Waals surface area contributed by atoms with Crippen LogP contribution in [0.1, 0.15) is 5.89 Å². The lowest BCUT2D eigenvalue weighted by Gasteiger charge is -2.12. The second-order valence-electron chi connectivity index (χ2n) is 6.84. The van der Waals surface area contributed by atoms with Gasteiger partial charge in [-0.1, -0.05) is 5.16 Å². The average molecular weight is 470 g/mol. The van der Waals surface area contributed by atoms with Gasteiger partial charge >= 0.3 is 5.76 Å². The molecule has 0 spiro atoms. The second kappa shape index (κ2) is 9.57. The van der Waals surface area contributed by atoms with E-state index in [1.165, 1.54) is 40.1 Å². The molecule has 2 aromatic carbocycles. The third kappa shape index (κ3) is 4.12. The van der Waals surface area contributed by atoms with Crippen molar-refractivity contribution in [1.29, 1.82) is 0 Å². The number of benzene rings is 2. The zero-order valence-corrected chi connectivity index (χ0v) is 19.1. The molecule has 12 nitrogen and oxygen atoms in total. The van der Waals surface area contributed by atoms with Crippen LogP contribution in [0.5, 0.6) is 28.7 Å². The average Bonchev–Trinajstić information content (AvgIpc) is 3.49. The molecule has 2 heterocycles. The Bertz CT molecular complexity index is 1330. The third-order valence-electron chi connectivity index (χ3n) is 5.00. The lowest BCUT2D eigenvalue weighted by atomic mass is 10.2. The minimum absolute atomic E-state index is 0.0660. The first-order valence-corrected chi connectivity index (χ1v) is 9.94. The van der Waals surface area contributed by atoms with Gasteiger partial charge in [0.1, 0.15) is 6.54 Å². The quantitative estimate of drug-likeness (QED) is 0.357. The molecular formula is C22H22N4O8. The van der Waals surface area contributed by atoms with Crippen LogP contribution < -0.4 is 29.4 Å². The number of rotatable bonds is 9. The summed E-state index contributed by atoms with van der Waals surface area (Å²) >= 11 is 0. The molecular weight excluding hydrogens is 448 g/mol. The zero-order valence-electron chi connectivity index (χ0n) is 19.1. The Morgan fingerprint density at radius 1 is 0.794 bits per heavy atom. The molecule has 0 unspecified atom stereocenters. The van der Waals surface area contributed by atoms with Crippen molar-refractivity contribution in [2.24, 2.45) is 0 Å². The smallest absolute Gasteiger partial charge is 0.442 e. The van der Waals surface area contributed by atoms with Crippen molar-refractivity contribution in [1.82, 2.24) is 19.9 Å². The number of nitrogens with zero attached hydrogens (tertiary/aromatic N) is 4. The topological polar surface area (TPSA) is 133 Å². The molecule has 0 saturated heterocycles. The van der Waals surface area contributed by atoms with Crippen LogP contribution in [0.15, 0.2) is 44.1 Å². The van der Waals surface area contributed by atoms with Crippen LogP contribution in [0.3, 0.4) is 0 Å². The fraction of sp³-hybridized carbons (Fsp3) is 0.273. The van der Waals surface area contributed by atoms with Gasteiger partial charge in [0.25, 0.3) is 0 Å². The van der Waals surface area contributed by atoms with Gasteiger partial charge in [-0.25, -0.2) is 9.36 Å². The van der Waals surface area contributed by atoms with Gasteiger partial charge < -0.3 is 28.1 Å². The first-order chi connectivity index (χ1) is 16.5. The summed E-state index contributed by atoms with van der Waals surface area (Å²) in [5.41, 5.74) is 1.12. The van der Waals surface area contributed by atoms with E-state index >= 15 is 0 Å². The fourth-order valence-electron chi connectivity index (χ4n) is 3.36. The van der Waals surface area contributed by atoms with Crippen molar-refractivity contribution < 1.29 is 32.6 Å². The van der Waals surface area contributed by atoms with E-state index in [1.807, 2.05) is 0 Å². The summed E-state index contributed by atoms with van der Waals surface area (Å²) in [6.07, 6.45) is 0. The van der Waals surface area contributed by atoms with E-state index in [4.69, 9.17) is 32.6 Å². The van der Waals surface area contributed by atoms with Gasteiger partial charge in [-0.3, -0.25) is 4.52 Å². The van der Waals surface area contributed by atoms with E-state index < -0.39 is 5.76 Å². The largest absolute Gasteiger partial charge is 0.493 e. The molecule has 0 aliphatic heterocycles. The predicted octanol–water partition coefficient (Wildman–Crippen LogP) is 2.64. The Hall–Kier alpha value is -4.48. The van der Waals surface area contributed by atoms with Gasteiger partial charge in [-0.05, 0) is 30.3 Å². The molecule has 178 valence electrons. The monoisotopic (exact) mass is 470 g/mol. The van der Waals surface area contributed by atoms with Crippen molar-refractivity contribution in [2.75, 3.05) is 35.5 Å². The maximum Gasteiger partial charge on any atom is 0.442 e. The molecule has 0 amide bonds. The molecule has 0 N–H and O–H groups in total. The Balaban J connectivity index is 1.67. The van der Waals surface area contributed by atoms with Crippen molar-refractivity contribution in [3.63, 3.8) is 0 Å². The highest BCUT2D eigenvalue weighted by Crippen LogP contribution is 2.41. The fourth-order valence-corrected chi connectivity index (χ4v) is 3.36. The van der Waals surface area contributed by atoms with Crippen molar-refractivity contribution in [3.8, 4) is 51.6 Å². The van der Waals surface area contributed by atoms with Gasteiger partial charge in [-0.15, -0.1) is 10.2 Å². The number of hydrogen-bond acceptors (Lipinski definition) is 11. The van der Waals surface area contributed by atoms with Crippen molar-refractivity contribution in [3.05, 3.63) is 46.8 Å². The molecule has 4 aromatic rings. The Labute approximate surface area is 193 Å². The van der Waals surface area contributed by atoms with Gasteiger partial charge in [0.15, 0.2) is 28.8 Å². The van der Waals surface area contributed by atoms with Gasteiger partial charge in [-0.2, -0.15) is 0 Å². The molecule has 0 radical (unpaired) electrons. The minimum Gasteiger partial charge on any atom is -0.493 e. The van der Waals surface area contributed by atoms with Crippen LogP contribution in [0.4, 0.5) is 0 Å². The van der Waals surface area contributed by atoms with Gasteiger partial charge in [0.2, 0.25) is 17.5 Å². The molecule has 0 bridgehead atoms. The van der Waals surface area contributed by atoms with Crippen LogP contribution in [-0.4, -0.2) is 55.5 Å². The van der Waals surface area contributed by atoms with Crippen LogP contribution in [0, 0.1) is 0 Å². The molecule has 0 saturated carbocycles. The molecule has 12 heteroatoms. The molecule has 0 atom stereocenters. The highest BCUT2D eigenvalue weighted by Gasteiger charge is 2.20. The summed E-state index contributed by atoms with van der Waals surface area (Å²) in [5, 5.41) is 12.0. The van der Waals surface area contributed by atoms with Crippen molar-refractivity contribution >= 4 is 0 Å². The summed E-state index contributed by atoms with van der Waals surface area (Å²) in [6.45, 7) is -0.0660. The summed E-state index contributed by atoms with van der Waals surface area (Å²) < 4.78 is 38.6. The molecule has 34 heavy (non-hydrogen) atoms. The number of aromatic nitrogens is 4. The van der Waals surface area contributed by atoms with Crippen LogP contribution in [0.2, 0.25) is 0 Å². The number of methoxy groups -OCH3 is 5. The first-order valence-electron chi connectivity index (χ1n) is 9.94. The summed E-state index contributed by atoms with van der Waals surface area (Å²) in [4.78, 5) is 12.4. The van der Waals surface area contributed by atoms with E-state index in [0.29, 0.717) is 39.9 Å². The third-order valence-corrected chi connectivity index (χ3v) is 5.00. The summed E-state index contributed by atoms with van der Waals surface area (Å²) in [7, 11) is 7.57. The van der Waals surface area contributed by atoms with Crippen LogP contribution in [0.25, 0.3) is 22.8 Å². The second-order valence-corrected chi connectivity index (χ2v) is 6.84. The molecule has 2 aromatic heterocycles. The maximum absolute atomic E-state index is 12.4. The predicted molar refractivity (Wildman–Crippen MR) is 118 cm³/mol. The SMILES string of the molecule is COc1ccc(-c2noc(=O)n2Cc2nnc(-c3cc(OC)c(OC)c(OC)c3)o2)cc1OC. The Morgan fingerprint density at radius 3 is 2.06 bits per heavy atom. The van der Waals surface area contributed by atoms with Crippen molar-refractivity contribution in [2.45, 2.75) is 6.54 Å². The standard InChI is InChI=1S/C22H22N4O8/c1-28-14-7-6-12(8-15(14)29-2)20-25-34-22(27)26(20)11-18-23-24-21(33-18)13-9-16(30-3)19(32-5)17(10-13)31-4/h6-10H,11H2,1-5H3. The minimum atomic E-state index is -0.683. The first kappa shape index (κ1) is 22.7. The molecule has 4 rings (SSSR count). The van der Waals surface area contributed by atoms with E-state index in [2.05, 4.69) is 15.4 Å². The van der Waals surface area contributed by atoms with Gasteiger partial charge in [0, 0.05) is 11.1 Å². The van der Waals surface area contributed by atoms with E-state index in [0.717, 1.165) is 0 Å². The summed E-state index contributed by atoms with van der Waals surface area (Å²) in [6, 6.07) is 8.47. The molecule has 0 aliphatic carbocycles. The zero-order chi connectivity index (χ0) is 24.2. The molecule has 0 aliphatic rings. The van der Waals surface area contributed by atoms with E-state index in [1.54, 1.807) is 30.3 Å². The van der Waals surface area contributed by atoms with E-state index in [-0.39, 0.29) is 24.2 Å². The molecule has 0 fully saturated rings.